The van der Waals surface area contributed by atoms with Crippen LogP contribution in [0.2, 0.25) is 0 Å². The van der Waals surface area contributed by atoms with Crippen LogP contribution in [-0.2, 0) is 0 Å². The van der Waals surface area contributed by atoms with Crippen molar-refractivity contribution in [1.29, 1.82) is 0 Å². The minimum absolute atomic E-state index is 0.180. The standard InChI is InChI=1S/C11H23NO2/c1-9-6-10(13)8-12(7-9)5-4-11(2,3)14/h9-10,13-14H,4-8H2,1-3H3/t9-,10+/m1/s1. The maximum Gasteiger partial charge on any atom is 0.0670 e. The van der Waals surface area contributed by atoms with E-state index < -0.39 is 5.60 Å². The predicted octanol–water partition coefficient (Wildman–Crippen LogP) is 0.850. The fraction of sp³-hybridized carbons (Fsp3) is 1.00. The molecular weight excluding hydrogens is 178 g/mol. The molecule has 3 nitrogen and oxygen atoms in total. The summed E-state index contributed by atoms with van der Waals surface area (Å²) in [4.78, 5) is 2.25. The highest BCUT2D eigenvalue weighted by atomic mass is 16.3. The largest absolute Gasteiger partial charge is 0.392 e. The average molecular weight is 201 g/mol. The van der Waals surface area contributed by atoms with Crippen molar-refractivity contribution < 1.29 is 10.2 Å². The smallest absolute Gasteiger partial charge is 0.0670 e. The summed E-state index contributed by atoms with van der Waals surface area (Å²) in [6, 6.07) is 0. The molecule has 84 valence electrons. The molecule has 2 N–H and O–H groups in total. The molecule has 0 unspecified atom stereocenters. The first kappa shape index (κ1) is 12.0. The van der Waals surface area contributed by atoms with Gasteiger partial charge in [0.05, 0.1) is 11.7 Å². The Morgan fingerprint density at radius 2 is 2.00 bits per heavy atom. The number of hydrogen-bond acceptors (Lipinski definition) is 3. The Hall–Kier alpha value is -0.120. The number of β-amino-alcohol motifs (C(OH)–C–C–N with tert-alkyl or cyclic N) is 1. The first-order valence-electron chi connectivity index (χ1n) is 5.49. The average Bonchev–Trinajstić information content (AvgIpc) is 1.97. The number of hydrogen-bond donors (Lipinski definition) is 2. The molecule has 3 heteroatoms. The van der Waals surface area contributed by atoms with Crippen molar-refractivity contribution in [1.82, 2.24) is 4.90 Å². The van der Waals surface area contributed by atoms with Gasteiger partial charge in [-0.15, -0.1) is 0 Å². The molecule has 0 amide bonds. The molecule has 0 aromatic heterocycles. The Kier molecular flexibility index (Phi) is 3.93. The maximum absolute atomic E-state index is 9.59. The van der Waals surface area contributed by atoms with Gasteiger partial charge in [-0.1, -0.05) is 6.92 Å². The zero-order valence-electron chi connectivity index (χ0n) is 9.53. The van der Waals surface area contributed by atoms with E-state index in [4.69, 9.17) is 0 Å². The summed E-state index contributed by atoms with van der Waals surface area (Å²) in [5, 5.41) is 19.2. The van der Waals surface area contributed by atoms with Crippen molar-refractivity contribution in [2.24, 2.45) is 5.92 Å². The highest BCUT2D eigenvalue weighted by molar-refractivity contribution is 4.78. The van der Waals surface area contributed by atoms with E-state index in [1.165, 1.54) is 0 Å². The van der Waals surface area contributed by atoms with E-state index in [0.29, 0.717) is 5.92 Å². The summed E-state index contributed by atoms with van der Waals surface area (Å²) in [5.41, 5.74) is -0.592. The van der Waals surface area contributed by atoms with Crippen molar-refractivity contribution in [3.63, 3.8) is 0 Å². The van der Waals surface area contributed by atoms with E-state index >= 15 is 0 Å². The van der Waals surface area contributed by atoms with Crippen molar-refractivity contribution in [2.45, 2.75) is 45.3 Å². The lowest BCUT2D eigenvalue weighted by Crippen LogP contribution is -2.44. The van der Waals surface area contributed by atoms with E-state index in [1.54, 1.807) is 0 Å². The van der Waals surface area contributed by atoms with E-state index in [-0.39, 0.29) is 6.10 Å². The fourth-order valence-electron chi connectivity index (χ4n) is 2.04. The number of likely N-dealkylation sites (tertiary alicyclic amines) is 1. The van der Waals surface area contributed by atoms with Crippen LogP contribution in [0, 0.1) is 5.92 Å². The normalized spacial score (nSPS) is 30.6. The molecule has 1 heterocycles. The molecule has 0 aromatic carbocycles. The van der Waals surface area contributed by atoms with Gasteiger partial charge in [0, 0.05) is 19.6 Å². The number of piperidine rings is 1. The van der Waals surface area contributed by atoms with E-state index in [9.17, 15) is 10.2 Å². The zero-order valence-corrected chi connectivity index (χ0v) is 9.53. The molecule has 1 aliphatic heterocycles. The first-order valence-corrected chi connectivity index (χ1v) is 5.49. The zero-order chi connectivity index (χ0) is 10.8. The van der Waals surface area contributed by atoms with Crippen LogP contribution in [0.3, 0.4) is 0 Å². The topological polar surface area (TPSA) is 43.7 Å². The number of aliphatic hydroxyl groups excluding tert-OH is 1. The van der Waals surface area contributed by atoms with Crippen LogP contribution in [0.4, 0.5) is 0 Å². The maximum atomic E-state index is 9.59. The number of aliphatic hydroxyl groups is 2. The van der Waals surface area contributed by atoms with E-state index in [0.717, 1.165) is 32.5 Å². The van der Waals surface area contributed by atoms with Gasteiger partial charge in [-0.05, 0) is 32.6 Å². The van der Waals surface area contributed by atoms with Gasteiger partial charge in [0.15, 0.2) is 0 Å². The van der Waals surface area contributed by atoms with Gasteiger partial charge in [-0.3, -0.25) is 0 Å². The third-order valence-electron chi connectivity index (χ3n) is 2.75. The molecule has 0 aromatic rings. The summed E-state index contributed by atoms with van der Waals surface area (Å²) in [5.74, 6) is 0.570. The Morgan fingerprint density at radius 3 is 2.50 bits per heavy atom. The molecule has 1 rings (SSSR count). The summed E-state index contributed by atoms with van der Waals surface area (Å²) >= 11 is 0. The minimum Gasteiger partial charge on any atom is -0.392 e. The molecule has 2 atom stereocenters. The third kappa shape index (κ3) is 4.40. The molecule has 0 aliphatic carbocycles. The molecule has 1 aliphatic rings. The minimum atomic E-state index is -0.592. The lowest BCUT2D eigenvalue weighted by atomic mass is 9.97. The third-order valence-corrected chi connectivity index (χ3v) is 2.75. The second-order valence-corrected chi connectivity index (χ2v) is 5.32. The van der Waals surface area contributed by atoms with Gasteiger partial charge in [0.1, 0.15) is 0 Å². The lowest BCUT2D eigenvalue weighted by Gasteiger charge is -2.35. The Balaban J connectivity index is 2.30. The molecule has 1 saturated heterocycles. The summed E-state index contributed by atoms with van der Waals surface area (Å²) in [6.07, 6.45) is 1.51. The molecule has 14 heavy (non-hydrogen) atoms. The van der Waals surface area contributed by atoms with Crippen molar-refractivity contribution in [3.8, 4) is 0 Å². The Morgan fingerprint density at radius 1 is 1.36 bits per heavy atom. The second-order valence-electron chi connectivity index (χ2n) is 5.32. The number of rotatable bonds is 3. The molecule has 0 radical (unpaired) electrons. The van der Waals surface area contributed by atoms with Gasteiger partial charge < -0.3 is 15.1 Å². The van der Waals surface area contributed by atoms with Crippen LogP contribution in [0.1, 0.15) is 33.6 Å². The van der Waals surface area contributed by atoms with Gasteiger partial charge in [0.25, 0.3) is 0 Å². The molecule has 0 bridgehead atoms. The van der Waals surface area contributed by atoms with Crippen LogP contribution >= 0.6 is 0 Å². The fourth-order valence-corrected chi connectivity index (χ4v) is 2.04. The van der Waals surface area contributed by atoms with Crippen LogP contribution in [0.15, 0.2) is 0 Å². The highest BCUT2D eigenvalue weighted by Crippen LogP contribution is 2.18. The predicted molar refractivity (Wildman–Crippen MR) is 57.1 cm³/mol. The SMILES string of the molecule is C[C@@H]1C[C@H](O)CN(CCC(C)(C)O)C1. The molecule has 0 saturated carbocycles. The number of nitrogens with zero attached hydrogens (tertiary/aromatic N) is 1. The van der Waals surface area contributed by atoms with Crippen LogP contribution < -0.4 is 0 Å². The molecule has 1 fully saturated rings. The van der Waals surface area contributed by atoms with Gasteiger partial charge in [-0.2, -0.15) is 0 Å². The summed E-state index contributed by atoms with van der Waals surface area (Å²) in [6.45, 7) is 8.52. The summed E-state index contributed by atoms with van der Waals surface area (Å²) in [7, 11) is 0. The quantitative estimate of drug-likeness (QED) is 0.711. The van der Waals surface area contributed by atoms with Crippen LogP contribution in [0.5, 0.6) is 0 Å². The molecule has 0 spiro atoms. The van der Waals surface area contributed by atoms with Crippen LogP contribution in [0.25, 0.3) is 0 Å². The Bertz CT molecular complexity index is 167. The monoisotopic (exact) mass is 201 g/mol. The van der Waals surface area contributed by atoms with Gasteiger partial charge in [-0.25, -0.2) is 0 Å². The van der Waals surface area contributed by atoms with E-state index in [2.05, 4.69) is 11.8 Å². The highest BCUT2D eigenvalue weighted by Gasteiger charge is 2.24. The van der Waals surface area contributed by atoms with Gasteiger partial charge >= 0.3 is 0 Å². The van der Waals surface area contributed by atoms with Crippen LogP contribution in [-0.4, -0.2) is 46.5 Å². The molecular formula is C11H23NO2. The van der Waals surface area contributed by atoms with Crippen molar-refractivity contribution in [2.75, 3.05) is 19.6 Å². The Labute approximate surface area is 86.7 Å². The van der Waals surface area contributed by atoms with Gasteiger partial charge in [0.2, 0.25) is 0 Å². The first-order chi connectivity index (χ1) is 6.37. The van der Waals surface area contributed by atoms with Crippen molar-refractivity contribution in [3.05, 3.63) is 0 Å². The second kappa shape index (κ2) is 4.60. The van der Waals surface area contributed by atoms with E-state index in [1.807, 2.05) is 13.8 Å². The lowest BCUT2D eigenvalue weighted by molar-refractivity contribution is 0.0180. The van der Waals surface area contributed by atoms with Crippen molar-refractivity contribution >= 4 is 0 Å². The summed E-state index contributed by atoms with van der Waals surface area (Å²) < 4.78 is 0.